The van der Waals surface area contributed by atoms with Crippen LogP contribution in [0.5, 0.6) is 0 Å². The topological polar surface area (TPSA) is 101 Å². The van der Waals surface area contributed by atoms with Gasteiger partial charge < -0.3 is 10.6 Å². The maximum absolute atomic E-state index is 12.1. The number of halogens is 1. The van der Waals surface area contributed by atoms with Gasteiger partial charge in [-0.3, -0.25) is 4.79 Å². The Morgan fingerprint density at radius 1 is 1.45 bits per heavy atom. The third-order valence-electron chi connectivity index (χ3n) is 3.38. The molecule has 0 bridgehead atoms. The first-order chi connectivity index (χ1) is 9.29. The minimum atomic E-state index is -3.83. The van der Waals surface area contributed by atoms with E-state index >= 15 is 0 Å². The molecule has 110 valence electrons. The van der Waals surface area contributed by atoms with Gasteiger partial charge in [0.2, 0.25) is 15.9 Å². The number of nitrogens with one attached hydrogen (secondary N) is 2. The molecule has 1 aromatic rings. The molecule has 2 rings (SSSR count). The van der Waals surface area contributed by atoms with E-state index in [1.54, 1.807) is 0 Å². The molecule has 1 heterocycles. The molecule has 1 aliphatic rings. The number of carbonyl (C=O) groups excluding carboxylic acids is 1. The molecular weight excluding hydrogens is 302 g/mol. The molecule has 0 spiro atoms. The summed E-state index contributed by atoms with van der Waals surface area (Å²) in [5, 5.41) is 11.1. The molecule has 0 aromatic heterocycles. The lowest BCUT2D eigenvalue weighted by Crippen LogP contribution is -2.28. The SMILES string of the molecule is CC1CNCC1C(=O)Nc1cc(S(N)(=O)=O)ccc1Cl. The largest absolute Gasteiger partial charge is 0.324 e. The van der Waals surface area contributed by atoms with Crippen molar-refractivity contribution in [3.8, 4) is 0 Å². The van der Waals surface area contributed by atoms with Gasteiger partial charge in [-0.05, 0) is 30.7 Å². The Balaban J connectivity index is 2.22. The number of primary sulfonamides is 1. The van der Waals surface area contributed by atoms with Crippen LogP contribution >= 0.6 is 11.6 Å². The van der Waals surface area contributed by atoms with Crippen LogP contribution in [0, 0.1) is 11.8 Å². The van der Waals surface area contributed by atoms with E-state index in [0.29, 0.717) is 6.54 Å². The maximum Gasteiger partial charge on any atom is 0.238 e. The first kappa shape index (κ1) is 15.2. The van der Waals surface area contributed by atoms with Crippen molar-refractivity contribution >= 4 is 33.2 Å². The molecule has 1 fully saturated rings. The van der Waals surface area contributed by atoms with Gasteiger partial charge in [-0.1, -0.05) is 18.5 Å². The van der Waals surface area contributed by atoms with Gasteiger partial charge in [0, 0.05) is 6.54 Å². The maximum atomic E-state index is 12.1. The van der Waals surface area contributed by atoms with Crippen molar-refractivity contribution in [3.05, 3.63) is 23.2 Å². The van der Waals surface area contributed by atoms with Gasteiger partial charge >= 0.3 is 0 Å². The predicted octanol–water partition coefficient (Wildman–Crippen LogP) is 0.781. The first-order valence-electron chi connectivity index (χ1n) is 6.13. The number of hydrogen-bond acceptors (Lipinski definition) is 4. The summed E-state index contributed by atoms with van der Waals surface area (Å²) in [6.07, 6.45) is 0. The molecule has 20 heavy (non-hydrogen) atoms. The van der Waals surface area contributed by atoms with Crippen LogP contribution in [0.2, 0.25) is 5.02 Å². The molecule has 1 aliphatic heterocycles. The average molecular weight is 318 g/mol. The fraction of sp³-hybridized carbons (Fsp3) is 0.417. The lowest BCUT2D eigenvalue weighted by atomic mass is 9.97. The summed E-state index contributed by atoms with van der Waals surface area (Å²) in [6, 6.07) is 3.96. The van der Waals surface area contributed by atoms with E-state index in [-0.39, 0.29) is 33.3 Å². The average Bonchev–Trinajstić information content (AvgIpc) is 2.77. The minimum absolute atomic E-state index is 0.0882. The summed E-state index contributed by atoms with van der Waals surface area (Å²) in [5.74, 6) is -0.129. The molecule has 1 amide bonds. The van der Waals surface area contributed by atoms with Crippen LogP contribution in [0.25, 0.3) is 0 Å². The Hall–Kier alpha value is -1.15. The second-order valence-corrected chi connectivity index (χ2v) is 6.89. The van der Waals surface area contributed by atoms with Gasteiger partial charge in [0.05, 0.1) is 21.5 Å². The second kappa shape index (κ2) is 5.69. The third-order valence-corrected chi connectivity index (χ3v) is 4.62. The van der Waals surface area contributed by atoms with Gasteiger partial charge in [-0.2, -0.15) is 0 Å². The van der Waals surface area contributed by atoms with Crippen LogP contribution in [0.4, 0.5) is 5.69 Å². The van der Waals surface area contributed by atoms with Crippen molar-refractivity contribution in [2.75, 3.05) is 18.4 Å². The number of sulfonamides is 1. The highest BCUT2D eigenvalue weighted by atomic mass is 35.5. The van der Waals surface area contributed by atoms with E-state index in [1.165, 1.54) is 18.2 Å². The highest BCUT2D eigenvalue weighted by Crippen LogP contribution is 2.26. The number of hydrogen-bond donors (Lipinski definition) is 3. The van der Waals surface area contributed by atoms with Crippen molar-refractivity contribution in [1.82, 2.24) is 5.32 Å². The van der Waals surface area contributed by atoms with Crippen LogP contribution in [0.3, 0.4) is 0 Å². The normalized spacial score (nSPS) is 22.8. The van der Waals surface area contributed by atoms with E-state index in [2.05, 4.69) is 10.6 Å². The molecule has 0 aliphatic carbocycles. The smallest absolute Gasteiger partial charge is 0.238 e. The molecule has 0 saturated carbocycles. The molecule has 2 atom stereocenters. The highest BCUT2D eigenvalue weighted by molar-refractivity contribution is 7.89. The summed E-state index contributed by atoms with van der Waals surface area (Å²) in [7, 11) is -3.83. The van der Waals surface area contributed by atoms with Crippen LogP contribution in [-0.4, -0.2) is 27.4 Å². The lowest BCUT2D eigenvalue weighted by Gasteiger charge is -2.15. The Morgan fingerprint density at radius 3 is 2.70 bits per heavy atom. The monoisotopic (exact) mass is 317 g/mol. The van der Waals surface area contributed by atoms with Gasteiger partial charge in [0.1, 0.15) is 0 Å². The van der Waals surface area contributed by atoms with E-state index in [4.69, 9.17) is 16.7 Å². The lowest BCUT2D eigenvalue weighted by molar-refractivity contribution is -0.120. The number of nitrogens with two attached hydrogens (primary N) is 1. The Morgan fingerprint density at radius 2 is 2.15 bits per heavy atom. The summed E-state index contributed by atoms with van der Waals surface area (Å²) in [4.78, 5) is 12.1. The number of anilines is 1. The second-order valence-electron chi connectivity index (χ2n) is 4.92. The van der Waals surface area contributed by atoms with Crippen molar-refractivity contribution < 1.29 is 13.2 Å². The minimum Gasteiger partial charge on any atom is -0.324 e. The highest BCUT2D eigenvalue weighted by Gasteiger charge is 2.29. The van der Waals surface area contributed by atoms with Gasteiger partial charge in [0.15, 0.2) is 0 Å². The summed E-state index contributed by atoms with van der Waals surface area (Å²) in [5.41, 5.74) is 0.252. The Labute approximate surface area is 122 Å². The van der Waals surface area contributed by atoms with Crippen LogP contribution in [0.15, 0.2) is 23.1 Å². The fourth-order valence-corrected chi connectivity index (χ4v) is 2.87. The van der Waals surface area contributed by atoms with Crippen LogP contribution in [-0.2, 0) is 14.8 Å². The number of amides is 1. The molecular formula is C12H16ClN3O3S. The molecule has 4 N–H and O–H groups in total. The molecule has 2 unspecified atom stereocenters. The van der Waals surface area contributed by atoms with Gasteiger partial charge in [-0.15, -0.1) is 0 Å². The van der Waals surface area contributed by atoms with Gasteiger partial charge in [-0.25, -0.2) is 13.6 Å². The Bertz CT molecular complexity index is 633. The van der Waals surface area contributed by atoms with Crippen molar-refractivity contribution in [3.63, 3.8) is 0 Å². The van der Waals surface area contributed by atoms with E-state index < -0.39 is 10.0 Å². The van der Waals surface area contributed by atoms with E-state index in [1.807, 2.05) is 6.92 Å². The molecule has 6 nitrogen and oxygen atoms in total. The van der Waals surface area contributed by atoms with Gasteiger partial charge in [0.25, 0.3) is 0 Å². The van der Waals surface area contributed by atoms with Crippen LogP contribution < -0.4 is 15.8 Å². The fourth-order valence-electron chi connectivity index (χ4n) is 2.16. The van der Waals surface area contributed by atoms with Crippen molar-refractivity contribution in [1.29, 1.82) is 0 Å². The summed E-state index contributed by atoms with van der Waals surface area (Å²) >= 11 is 5.97. The molecule has 0 radical (unpaired) electrons. The summed E-state index contributed by atoms with van der Waals surface area (Å²) in [6.45, 7) is 3.36. The third kappa shape index (κ3) is 3.29. The first-order valence-corrected chi connectivity index (χ1v) is 8.05. The Kier molecular flexibility index (Phi) is 4.33. The molecule has 1 saturated heterocycles. The zero-order chi connectivity index (χ0) is 14.9. The van der Waals surface area contributed by atoms with Crippen LogP contribution in [0.1, 0.15) is 6.92 Å². The standard InChI is InChI=1S/C12H16ClN3O3S/c1-7-5-15-6-9(7)12(17)16-11-4-8(20(14,18)19)2-3-10(11)13/h2-4,7,9,15H,5-6H2,1H3,(H,16,17)(H2,14,18,19). The number of rotatable bonds is 3. The predicted molar refractivity (Wildman–Crippen MR) is 77.0 cm³/mol. The zero-order valence-electron chi connectivity index (χ0n) is 10.9. The molecule has 1 aromatic carbocycles. The summed E-state index contributed by atoms with van der Waals surface area (Å²) < 4.78 is 22.6. The molecule has 8 heteroatoms. The zero-order valence-corrected chi connectivity index (χ0v) is 12.5. The quantitative estimate of drug-likeness (QED) is 0.766. The van der Waals surface area contributed by atoms with Crippen molar-refractivity contribution in [2.45, 2.75) is 11.8 Å². The van der Waals surface area contributed by atoms with E-state index in [0.717, 1.165) is 6.54 Å². The number of carbonyl (C=O) groups is 1. The van der Waals surface area contributed by atoms with Crippen molar-refractivity contribution in [2.24, 2.45) is 17.0 Å². The number of benzene rings is 1. The van der Waals surface area contributed by atoms with E-state index in [9.17, 15) is 13.2 Å².